The molecule has 4 N–H and O–H groups in total. The summed E-state index contributed by atoms with van der Waals surface area (Å²) >= 11 is 0. The van der Waals surface area contributed by atoms with Gasteiger partial charge in [0.2, 0.25) is 11.8 Å². The van der Waals surface area contributed by atoms with Crippen molar-refractivity contribution in [1.29, 1.82) is 0 Å². The standard InChI is InChI=1S/C23H38N4O9/c1-22(2,3)35-20(33)24-12-8-7-9-14(26-21(34)36-23(4,5)6)18(31)25-15-10-11-16(28)27(19(15)32)13-17(29)30/h14-15H,7-13H2,1-6H3,(H,24,33)(H,25,31)(H,26,34)(H,29,30)/t14-,15-/m0/s1. The zero-order valence-corrected chi connectivity index (χ0v) is 21.8. The normalized spacial score (nSPS) is 17.2. The SMILES string of the molecule is CC(C)(C)OC(=O)NCCCC[C@H](NC(=O)OC(C)(C)C)C(=O)N[C@H]1CCC(=O)N(CC(=O)O)C1=O. The minimum atomic E-state index is -1.35. The lowest BCUT2D eigenvalue weighted by atomic mass is 10.0. The third-order valence-electron chi connectivity index (χ3n) is 4.72. The van der Waals surface area contributed by atoms with Gasteiger partial charge in [-0.05, 0) is 67.2 Å². The monoisotopic (exact) mass is 514 g/mol. The van der Waals surface area contributed by atoms with Crippen molar-refractivity contribution in [3.63, 3.8) is 0 Å². The largest absolute Gasteiger partial charge is 0.480 e. The van der Waals surface area contributed by atoms with Crippen molar-refractivity contribution in [2.45, 2.75) is 96.9 Å². The zero-order valence-electron chi connectivity index (χ0n) is 21.8. The number of nitrogens with zero attached hydrogens (tertiary/aromatic N) is 1. The lowest BCUT2D eigenvalue weighted by Crippen LogP contribution is -2.58. The fourth-order valence-electron chi connectivity index (χ4n) is 3.24. The number of carboxylic acids is 1. The van der Waals surface area contributed by atoms with E-state index in [9.17, 15) is 28.8 Å². The van der Waals surface area contributed by atoms with Crippen LogP contribution in [0.25, 0.3) is 0 Å². The van der Waals surface area contributed by atoms with E-state index in [-0.39, 0.29) is 25.8 Å². The number of carbonyl (C=O) groups is 6. The number of carbonyl (C=O) groups excluding carboxylic acids is 5. The molecule has 1 aliphatic rings. The number of rotatable bonds is 10. The molecular weight excluding hydrogens is 476 g/mol. The molecule has 1 aliphatic heterocycles. The predicted molar refractivity (Wildman–Crippen MR) is 127 cm³/mol. The quantitative estimate of drug-likeness (QED) is 0.247. The Morgan fingerprint density at radius 3 is 2.14 bits per heavy atom. The van der Waals surface area contributed by atoms with E-state index in [0.717, 1.165) is 0 Å². The molecule has 204 valence electrons. The van der Waals surface area contributed by atoms with Crippen molar-refractivity contribution in [2.24, 2.45) is 0 Å². The Bertz CT molecular complexity index is 846. The second-order valence-corrected chi connectivity index (χ2v) is 10.4. The van der Waals surface area contributed by atoms with Crippen LogP contribution in [0.2, 0.25) is 0 Å². The Kier molecular flexibility index (Phi) is 11.1. The van der Waals surface area contributed by atoms with Gasteiger partial charge in [-0.2, -0.15) is 0 Å². The minimum Gasteiger partial charge on any atom is -0.480 e. The number of hydrogen-bond acceptors (Lipinski definition) is 8. The summed E-state index contributed by atoms with van der Waals surface area (Å²) in [5.74, 6) is -3.48. The van der Waals surface area contributed by atoms with Crippen molar-refractivity contribution in [2.75, 3.05) is 13.1 Å². The average Bonchev–Trinajstić information content (AvgIpc) is 2.69. The van der Waals surface area contributed by atoms with E-state index in [2.05, 4.69) is 16.0 Å². The summed E-state index contributed by atoms with van der Waals surface area (Å²) < 4.78 is 10.4. The third-order valence-corrected chi connectivity index (χ3v) is 4.72. The lowest BCUT2D eigenvalue weighted by Gasteiger charge is -2.31. The number of likely N-dealkylation sites (tertiary alicyclic amines) is 1. The van der Waals surface area contributed by atoms with Crippen LogP contribution < -0.4 is 16.0 Å². The maximum Gasteiger partial charge on any atom is 0.408 e. The fraction of sp³-hybridized carbons (Fsp3) is 0.739. The first-order valence-corrected chi connectivity index (χ1v) is 11.8. The first-order valence-electron chi connectivity index (χ1n) is 11.8. The second-order valence-electron chi connectivity index (χ2n) is 10.4. The highest BCUT2D eigenvalue weighted by atomic mass is 16.6. The van der Waals surface area contributed by atoms with Crippen LogP contribution in [0.15, 0.2) is 0 Å². The number of alkyl carbamates (subject to hydrolysis) is 2. The van der Waals surface area contributed by atoms with E-state index >= 15 is 0 Å². The number of piperidine rings is 1. The molecule has 0 radical (unpaired) electrons. The molecule has 0 unspecified atom stereocenters. The van der Waals surface area contributed by atoms with Crippen LogP contribution >= 0.6 is 0 Å². The van der Waals surface area contributed by atoms with Crippen LogP contribution in [0, 0.1) is 0 Å². The van der Waals surface area contributed by atoms with Crippen molar-refractivity contribution in [1.82, 2.24) is 20.9 Å². The Balaban J connectivity index is 2.76. The van der Waals surface area contributed by atoms with Gasteiger partial charge < -0.3 is 30.5 Å². The molecule has 1 rings (SSSR count). The molecule has 0 bridgehead atoms. The Morgan fingerprint density at radius 2 is 1.58 bits per heavy atom. The van der Waals surface area contributed by atoms with Gasteiger partial charge in [0.1, 0.15) is 29.8 Å². The van der Waals surface area contributed by atoms with Gasteiger partial charge in [0.25, 0.3) is 5.91 Å². The topological polar surface area (TPSA) is 180 Å². The van der Waals surface area contributed by atoms with Crippen molar-refractivity contribution < 1.29 is 43.3 Å². The molecule has 0 aromatic heterocycles. The predicted octanol–water partition coefficient (Wildman–Crippen LogP) is 1.29. The molecule has 1 saturated heterocycles. The maximum atomic E-state index is 13.0. The molecule has 0 aromatic carbocycles. The number of hydrogen-bond donors (Lipinski definition) is 4. The molecule has 0 saturated carbocycles. The molecule has 36 heavy (non-hydrogen) atoms. The Morgan fingerprint density at radius 1 is 1.00 bits per heavy atom. The zero-order chi connectivity index (χ0) is 27.7. The van der Waals surface area contributed by atoms with Crippen LogP contribution in [0.5, 0.6) is 0 Å². The number of unbranched alkanes of at least 4 members (excludes halogenated alkanes) is 1. The van der Waals surface area contributed by atoms with Gasteiger partial charge >= 0.3 is 18.2 Å². The first kappa shape index (κ1) is 30.7. The van der Waals surface area contributed by atoms with E-state index in [1.807, 2.05) is 0 Å². The van der Waals surface area contributed by atoms with Crippen molar-refractivity contribution in [3.05, 3.63) is 0 Å². The van der Waals surface area contributed by atoms with E-state index in [1.54, 1.807) is 41.5 Å². The fourth-order valence-corrected chi connectivity index (χ4v) is 3.24. The summed E-state index contributed by atoms with van der Waals surface area (Å²) in [6.07, 6.45) is -0.427. The van der Waals surface area contributed by atoms with Gasteiger partial charge in [0, 0.05) is 13.0 Å². The second kappa shape index (κ2) is 13.1. The van der Waals surface area contributed by atoms with Gasteiger partial charge in [-0.15, -0.1) is 0 Å². The van der Waals surface area contributed by atoms with Gasteiger partial charge in [0.05, 0.1) is 0 Å². The van der Waals surface area contributed by atoms with Crippen LogP contribution in [-0.2, 0) is 28.7 Å². The van der Waals surface area contributed by atoms with Gasteiger partial charge in [0.15, 0.2) is 0 Å². The smallest absolute Gasteiger partial charge is 0.408 e. The average molecular weight is 515 g/mol. The lowest BCUT2D eigenvalue weighted by molar-refractivity contribution is -0.156. The van der Waals surface area contributed by atoms with Crippen molar-refractivity contribution >= 4 is 35.9 Å². The molecule has 1 fully saturated rings. The summed E-state index contributed by atoms with van der Waals surface area (Å²) in [7, 11) is 0. The highest BCUT2D eigenvalue weighted by Crippen LogP contribution is 2.15. The maximum absolute atomic E-state index is 13.0. The number of aliphatic carboxylic acids is 1. The number of ether oxygens (including phenoxy) is 2. The molecule has 2 atom stereocenters. The summed E-state index contributed by atoms with van der Waals surface area (Å²) in [6.45, 7) is 9.71. The summed E-state index contributed by atoms with van der Waals surface area (Å²) in [5, 5.41) is 16.6. The van der Waals surface area contributed by atoms with Gasteiger partial charge in [-0.25, -0.2) is 9.59 Å². The molecular formula is C23H38N4O9. The van der Waals surface area contributed by atoms with Crippen LogP contribution in [0.4, 0.5) is 9.59 Å². The summed E-state index contributed by atoms with van der Waals surface area (Å²) in [6, 6.07) is -2.17. The van der Waals surface area contributed by atoms with Gasteiger partial charge in [-0.3, -0.25) is 24.1 Å². The molecule has 0 aromatic rings. The molecule has 13 nitrogen and oxygen atoms in total. The molecule has 1 heterocycles. The number of imide groups is 1. The highest BCUT2D eigenvalue weighted by Gasteiger charge is 2.37. The molecule has 0 aliphatic carbocycles. The van der Waals surface area contributed by atoms with Crippen LogP contribution in [0.1, 0.15) is 73.6 Å². The van der Waals surface area contributed by atoms with Crippen LogP contribution in [-0.4, -0.2) is 82.3 Å². The first-order chi connectivity index (χ1) is 16.5. The van der Waals surface area contributed by atoms with E-state index < -0.39 is 65.7 Å². The third kappa shape index (κ3) is 11.8. The minimum absolute atomic E-state index is 0.0124. The number of carboxylic acid groups (broad SMARTS) is 1. The highest BCUT2D eigenvalue weighted by molar-refractivity contribution is 6.04. The number of nitrogens with one attached hydrogen (secondary N) is 3. The molecule has 0 spiro atoms. The number of amides is 5. The van der Waals surface area contributed by atoms with E-state index in [4.69, 9.17) is 14.6 Å². The van der Waals surface area contributed by atoms with E-state index in [0.29, 0.717) is 17.7 Å². The summed E-state index contributed by atoms with van der Waals surface area (Å²) in [5.41, 5.74) is -1.44. The molecule has 13 heteroatoms. The Hall–Kier alpha value is -3.38. The summed E-state index contributed by atoms with van der Waals surface area (Å²) in [4.78, 5) is 73.1. The van der Waals surface area contributed by atoms with Gasteiger partial charge in [-0.1, -0.05) is 0 Å². The molecule has 5 amide bonds. The Labute approximate surface area is 210 Å². The van der Waals surface area contributed by atoms with E-state index in [1.165, 1.54) is 0 Å². The van der Waals surface area contributed by atoms with Crippen LogP contribution in [0.3, 0.4) is 0 Å². The van der Waals surface area contributed by atoms with Crippen molar-refractivity contribution in [3.8, 4) is 0 Å².